The van der Waals surface area contributed by atoms with Crippen molar-refractivity contribution in [2.75, 3.05) is 0 Å². The molecule has 0 atom stereocenters. The first-order valence-corrected chi connectivity index (χ1v) is 5.56. The van der Waals surface area contributed by atoms with Gasteiger partial charge in [0.2, 0.25) is 0 Å². The van der Waals surface area contributed by atoms with Crippen LogP contribution in [-0.4, -0.2) is 9.52 Å². The average molecular weight is 163 g/mol. The van der Waals surface area contributed by atoms with Crippen LogP contribution in [0.15, 0.2) is 30.3 Å². The molecule has 1 radical (unpaired) electrons. The van der Waals surface area contributed by atoms with E-state index in [4.69, 9.17) is 0 Å². The SMILES string of the molecule is CC(C)C[SiH]c1ccccc1. The van der Waals surface area contributed by atoms with Gasteiger partial charge in [-0.1, -0.05) is 55.4 Å². The first-order chi connectivity index (χ1) is 5.29. The maximum Gasteiger partial charge on any atom is 0.0670 e. The van der Waals surface area contributed by atoms with E-state index in [1.807, 2.05) is 0 Å². The molecular weight excluding hydrogens is 148 g/mol. The van der Waals surface area contributed by atoms with Gasteiger partial charge in [0.05, 0.1) is 9.52 Å². The van der Waals surface area contributed by atoms with E-state index in [0.29, 0.717) is 9.52 Å². The summed E-state index contributed by atoms with van der Waals surface area (Å²) in [6.45, 7) is 4.58. The lowest BCUT2D eigenvalue weighted by Crippen LogP contribution is -2.14. The van der Waals surface area contributed by atoms with Gasteiger partial charge in [0.25, 0.3) is 0 Å². The van der Waals surface area contributed by atoms with Crippen LogP contribution in [0.2, 0.25) is 6.04 Å². The highest BCUT2D eigenvalue weighted by atomic mass is 28.2. The van der Waals surface area contributed by atoms with Gasteiger partial charge in [-0.2, -0.15) is 0 Å². The topological polar surface area (TPSA) is 0 Å². The summed E-state index contributed by atoms with van der Waals surface area (Å²) in [5.41, 5.74) is 0. The predicted molar refractivity (Wildman–Crippen MR) is 52.9 cm³/mol. The van der Waals surface area contributed by atoms with E-state index in [1.54, 1.807) is 5.19 Å². The first-order valence-electron chi connectivity index (χ1n) is 4.17. The lowest BCUT2D eigenvalue weighted by atomic mass is 10.3. The lowest BCUT2D eigenvalue weighted by molar-refractivity contribution is 0.732. The molecule has 0 nitrogen and oxygen atoms in total. The van der Waals surface area contributed by atoms with E-state index < -0.39 is 0 Å². The second-order valence-corrected chi connectivity index (χ2v) is 4.79. The van der Waals surface area contributed by atoms with Crippen LogP contribution in [0.3, 0.4) is 0 Å². The maximum absolute atomic E-state index is 2.29. The van der Waals surface area contributed by atoms with Crippen molar-refractivity contribution < 1.29 is 0 Å². The monoisotopic (exact) mass is 163 g/mol. The van der Waals surface area contributed by atoms with Gasteiger partial charge in [-0.25, -0.2) is 0 Å². The molecule has 0 aliphatic carbocycles. The van der Waals surface area contributed by atoms with Crippen molar-refractivity contribution >= 4 is 14.7 Å². The van der Waals surface area contributed by atoms with E-state index in [9.17, 15) is 0 Å². The summed E-state index contributed by atoms with van der Waals surface area (Å²) < 4.78 is 0. The minimum absolute atomic E-state index is 0.513. The molecular formula is C10H15Si. The van der Waals surface area contributed by atoms with Crippen LogP contribution in [-0.2, 0) is 0 Å². The minimum Gasteiger partial charge on any atom is -0.0656 e. The Morgan fingerprint density at radius 3 is 2.36 bits per heavy atom. The Bertz CT molecular complexity index is 191. The van der Waals surface area contributed by atoms with E-state index in [0.717, 1.165) is 5.92 Å². The van der Waals surface area contributed by atoms with Gasteiger partial charge in [0.15, 0.2) is 0 Å². The fourth-order valence-electron chi connectivity index (χ4n) is 0.961. The highest BCUT2D eigenvalue weighted by molar-refractivity contribution is 6.53. The molecule has 0 amide bonds. The molecule has 1 aromatic carbocycles. The highest BCUT2D eigenvalue weighted by Gasteiger charge is 1.95. The maximum atomic E-state index is 2.29. The van der Waals surface area contributed by atoms with Crippen molar-refractivity contribution in [3.63, 3.8) is 0 Å². The molecule has 0 heterocycles. The zero-order valence-electron chi connectivity index (χ0n) is 7.25. The van der Waals surface area contributed by atoms with Gasteiger partial charge in [0, 0.05) is 0 Å². The van der Waals surface area contributed by atoms with E-state index in [1.165, 1.54) is 6.04 Å². The third-order valence-corrected chi connectivity index (χ3v) is 3.66. The van der Waals surface area contributed by atoms with Crippen molar-refractivity contribution in [1.29, 1.82) is 0 Å². The zero-order chi connectivity index (χ0) is 8.10. The molecule has 0 spiro atoms. The largest absolute Gasteiger partial charge is 0.0670 e. The summed E-state index contributed by atoms with van der Waals surface area (Å²) in [7, 11) is 0.513. The van der Waals surface area contributed by atoms with Gasteiger partial charge >= 0.3 is 0 Å². The fraction of sp³-hybridized carbons (Fsp3) is 0.400. The van der Waals surface area contributed by atoms with Gasteiger partial charge in [-0.15, -0.1) is 0 Å². The van der Waals surface area contributed by atoms with Gasteiger partial charge in [-0.3, -0.25) is 0 Å². The normalized spacial score (nSPS) is 10.5. The highest BCUT2D eigenvalue weighted by Crippen LogP contribution is 1.98. The Labute approximate surface area is 71.5 Å². The van der Waals surface area contributed by atoms with E-state index >= 15 is 0 Å². The molecule has 1 heteroatoms. The van der Waals surface area contributed by atoms with Gasteiger partial charge < -0.3 is 0 Å². The second-order valence-electron chi connectivity index (χ2n) is 3.24. The first kappa shape index (κ1) is 8.53. The second kappa shape index (κ2) is 4.34. The molecule has 59 valence electrons. The van der Waals surface area contributed by atoms with Crippen molar-refractivity contribution in [2.45, 2.75) is 19.9 Å². The Balaban J connectivity index is 2.39. The standard InChI is InChI=1S/C10H15Si/c1-9(2)8-11-10-6-4-3-5-7-10/h3-7,9,11H,8H2,1-2H3. The number of benzene rings is 1. The lowest BCUT2D eigenvalue weighted by Gasteiger charge is -2.02. The number of hydrogen-bond acceptors (Lipinski definition) is 0. The molecule has 0 saturated carbocycles. The van der Waals surface area contributed by atoms with Crippen LogP contribution in [0.25, 0.3) is 0 Å². The molecule has 11 heavy (non-hydrogen) atoms. The van der Waals surface area contributed by atoms with Crippen molar-refractivity contribution in [2.24, 2.45) is 5.92 Å². The fourth-order valence-corrected chi connectivity index (χ4v) is 2.20. The Morgan fingerprint density at radius 2 is 1.82 bits per heavy atom. The van der Waals surface area contributed by atoms with Crippen LogP contribution in [0.5, 0.6) is 0 Å². The van der Waals surface area contributed by atoms with Crippen LogP contribution in [0.4, 0.5) is 0 Å². The molecule has 0 aromatic heterocycles. The molecule has 1 aromatic rings. The Kier molecular flexibility index (Phi) is 3.37. The van der Waals surface area contributed by atoms with Gasteiger partial charge in [0.1, 0.15) is 0 Å². The summed E-state index contributed by atoms with van der Waals surface area (Å²) in [6, 6.07) is 12.2. The molecule has 0 aliphatic rings. The third-order valence-electron chi connectivity index (χ3n) is 1.62. The summed E-state index contributed by atoms with van der Waals surface area (Å²) >= 11 is 0. The smallest absolute Gasteiger partial charge is 0.0656 e. The Hall–Kier alpha value is -0.563. The summed E-state index contributed by atoms with van der Waals surface area (Å²) in [6.07, 6.45) is 0. The third kappa shape index (κ3) is 3.37. The molecule has 0 aliphatic heterocycles. The molecule has 0 bridgehead atoms. The van der Waals surface area contributed by atoms with Crippen molar-refractivity contribution in [1.82, 2.24) is 0 Å². The van der Waals surface area contributed by atoms with Crippen LogP contribution in [0, 0.1) is 5.92 Å². The van der Waals surface area contributed by atoms with Crippen molar-refractivity contribution in [3.8, 4) is 0 Å². The molecule has 1 rings (SSSR count). The molecule has 0 saturated heterocycles. The van der Waals surface area contributed by atoms with Crippen molar-refractivity contribution in [3.05, 3.63) is 30.3 Å². The molecule has 0 N–H and O–H groups in total. The number of hydrogen-bond donors (Lipinski definition) is 0. The van der Waals surface area contributed by atoms with Crippen LogP contribution >= 0.6 is 0 Å². The predicted octanol–water partition coefficient (Wildman–Crippen LogP) is 1.82. The molecule has 0 unspecified atom stereocenters. The van der Waals surface area contributed by atoms with Crippen LogP contribution in [0.1, 0.15) is 13.8 Å². The summed E-state index contributed by atoms with van der Waals surface area (Å²) in [5.74, 6) is 0.852. The minimum atomic E-state index is 0.513. The van der Waals surface area contributed by atoms with Crippen LogP contribution < -0.4 is 5.19 Å². The average Bonchev–Trinajstić information content (AvgIpc) is 2.03. The quantitative estimate of drug-likeness (QED) is 0.596. The zero-order valence-corrected chi connectivity index (χ0v) is 8.40. The van der Waals surface area contributed by atoms with E-state index in [-0.39, 0.29) is 0 Å². The molecule has 0 fully saturated rings. The Morgan fingerprint density at radius 1 is 1.18 bits per heavy atom. The van der Waals surface area contributed by atoms with Gasteiger partial charge in [-0.05, 0) is 5.92 Å². The summed E-state index contributed by atoms with van der Waals surface area (Å²) in [5, 5.41) is 1.54. The summed E-state index contributed by atoms with van der Waals surface area (Å²) in [4.78, 5) is 0. The van der Waals surface area contributed by atoms with E-state index in [2.05, 4.69) is 44.2 Å². The number of rotatable bonds is 3.